The van der Waals surface area contributed by atoms with Crippen molar-refractivity contribution >= 4 is 29.1 Å². The first-order valence-corrected chi connectivity index (χ1v) is 13.4. The minimum absolute atomic E-state index is 0.0250. The van der Waals surface area contributed by atoms with Crippen molar-refractivity contribution in [2.45, 2.75) is 71.7 Å². The molecule has 0 radical (unpaired) electrons. The number of hydrogen-bond acceptors (Lipinski definition) is 8. The monoisotopic (exact) mass is 539 g/mol. The number of thiazole rings is 1. The third-order valence-electron chi connectivity index (χ3n) is 7.20. The van der Waals surface area contributed by atoms with Crippen LogP contribution in [0.4, 0.5) is 0 Å². The number of aromatic hydroxyl groups is 1. The van der Waals surface area contributed by atoms with Crippen molar-refractivity contribution in [1.29, 1.82) is 5.26 Å². The molecule has 1 aliphatic heterocycles. The van der Waals surface area contributed by atoms with Gasteiger partial charge in [0.15, 0.2) is 0 Å². The maximum absolute atomic E-state index is 13.6. The molecule has 2 aromatic rings. The number of aliphatic hydroxyl groups is 1. The molecule has 0 bridgehead atoms. The van der Waals surface area contributed by atoms with Gasteiger partial charge in [-0.15, -0.1) is 11.3 Å². The zero-order chi connectivity index (χ0) is 27.8. The molecular weight excluding hydrogens is 506 g/mol. The molecule has 4 N–H and O–H groups in total. The Morgan fingerprint density at radius 3 is 2.58 bits per heavy atom. The third kappa shape index (κ3) is 5.51. The summed E-state index contributed by atoms with van der Waals surface area (Å²) in [5.74, 6) is -1.41. The Morgan fingerprint density at radius 2 is 2.03 bits per heavy atom. The summed E-state index contributed by atoms with van der Waals surface area (Å²) < 4.78 is 0. The summed E-state index contributed by atoms with van der Waals surface area (Å²) in [5, 5.41) is 35.8. The molecule has 4 rings (SSSR count). The van der Waals surface area contributed by atoms with Crippen molar-refractivity contribution < 1.29 is 24.6 Å². The number of phenolic OH excluding ortho intramolecular Hbond substituents is 1. The number of benzene rings is 1. The number of phenols is 1. The number of aryl methyl sites for hydroxylation is 1. The van der Waals surface area contributed by atoms with Gasteiger partial charge >= 0.3 is 0 Å². The lowest BCUT2D eigenvalue weighted by atomic mass is 9.85. The smallest absolute Gasteiger partial charge is 0.246 e. The van der Waals surface area contributed by atoms with Gasteiger partial charge in [0.1, 0.15) is 23.2 Å². The van der Waals surface area contributed by atoms with Gasteiger partial charge in [-0.25, -0.2) is 4.98 Å². The second-order valence-corrected chi connectivity index (χ2v) is 12.0. The molecular formula is C27H33N5O5S. The number of aliphatic hydroxyl groups excluding tert-OH is 1. The molecule has 2 heterocycles. The SMILES string of the molecule is Cc1ncsc1-c1ccc(CNC(=O)[C@@H]2CC(O)CN2C(=O)[C@@H](NC(=O)C2(C#N)CC2)C(C)(C)C)c(O)c1. The summed E-state index contributed by atoms with van der Waals surface area (Å²) in [4.78, 5) is 46.0. The van der Waals surface area contributed by atoms with Crippen molar-refractivity contribution in [2.24, 2.45) is 10.8 Å². The van der Waals surface area contributed by atoms with E-state index in [1.165, 1.54) is 16.2 Å². The fourth-order valence-corrected chi connectivity index (χ4v) is 5.44. The Kier molecular flexibility index (Phi) is 7.50. The summed E-state index contributed by atoms with van der Waals surface area (Å²) in [6, 6.07) is 5.32. The first-order valence-electron chi connectivity index (χ1n) is 12.6. The number of nitrogens with zero attached hydrogens (tertiary/aromatic N) is 3. The lowest BCUT2D eigenvalue weighted by Gasteiger charge is -2.35. The molecule has 202 valence electrons. The van der Waals surface area contributed by atoms with E-state index >= 15 is 0 Å². The van der Waals surface area contributed by atoms with Crippen LogP contribution in [-0.2, 0) is 20.9 Å². The topological polar surface area (TPSA) is 156 Å². The molecule has 0 spiro atoms. The van der Waals surface area contributed by atoms with Crippen LogP contribution in [0.25, 0.3) is 10.4 Å². The maximum atomic E-state index is 13.6. The fraction of sp³-hybridized carbons (Fsp3) is 0.519. The van der Waals surface area contributed by atoms with E-state index in [9.17, 15) is 29.9 Å². The van der Waals surface area contributed by atoms with Crippen LogP contribution >= 0.6 is 11.3 Å². The number of nitrogens with one attached hydrogen (secondary N) is 2. The van der Waals surface area contributed by atoms with Crippen molar-refractivity contribution in [3.63, 3.8) is 0 Å². The van der Waals surface area contributed by atoms with Gasteiger partial charge in [0.2, 0.25) is 17.7 Å². The van der Waals surface area contributed by atoms with Crippen LogP contribution in [0.5, 0.6) is 5.75 Å². The quantitative estimate of drug-likeness (QED) is 0.420. The van der Waals surface area contributed by atoms with Crippen LogP contribution < -0.4 is 10.6 Å². The maximum Gasteiger partial charge on any atom is 0.246 e. The number of likely N-dealkylation sites (tertiary alicyclic amines) is 1. The molecule has 3 amide bonds. The first-order chi connectivity index (χ1) is 17.9. The zero-order valence-electron chi connectivity index (χ0n) is 21.9. The number of carbonyl (C=O) groups excluding carboxylic acids is 3. The highest BCUT2D eigenvalue weighted by atomic mass is 32.1. The Balaban J connectivity index is 1.45. The van der Waals surface area contributed by atoms with Gasteiger partial charge < -0.3 is 25.7 Å². The highest BCUT2D eigenvalue weighted by molar-refractivity contribution is 7.13. The molecule has 1 aromatic heterocycles. The van der Waals surface area contributed by atoms with Crippen LogP contribution in [-0.4, -0.2) is 62.6 Å². The van der Waals surface area contributed by atoms with E-state index in [1.54, 1.807) is 38.4 Å². The van der Waals surface area contributed by atoms with Crippen LogP contribution in [0.15, 0.2) is 23.7 Å². The highest BCUT2D eigenvalue weighted by Crippen LogP contribution is 2.45. The standard InChI is InChI=1S/C27H33N5O5S/c1-15-21(38-14-30-15)16-5-6-17(20(34)9-16)11-29-23(35)19-10-18(33)12-32(19)24(36)22(26(2,3)4)31-25(37)27(13-28)7-8-27/h5-6,9,14,18-19,22,33-34H,7-8,10-12H2,1-4H3,(H,29,35)(H,31,37)/t18?,19-,22+/m0/s1. The predicted octanol–water partition coefficient (Wildman–Crippen LogP) is 2.24. The molecule has 2 fully saturated rings. The van der Waals surface area contributed by atoms with Gasteiger partial charge in [0.25, 0.3) is 0 Å². The zero-order valence-corrected chi connectivity index (χ0v) is 22.8. The number of carbonyl (C=O) groups is 3. The molecule has 3 atom stereocenters. The second-order valence-electron chi connectivity index (χ2n) is 11.2. The molecule has 1 aliphatic carbocycles. The lowest BCUT2D eigenvalue weighted by molar-refractivity contribution is -0.144. The number of nitriles is 1. The molecule has 11 heteroatoms. The van der Waals surface area contributed by atoms with Gasteiger partial charge in [0, 0.05) is 25.1 Å². The van der Waals surface area contributed by atoms with E-state index in [4.69, 9.17) is 0 Å². The molecule has 1 unspecified atom stereocenters. The molecule has 2 aliphatic rings. The predicted molar refractivity (Wildman–Crippen MR) is 141 cm³/mol. The normalized spacial score (nSPS) is 20.9. The summed E-state index contributed by atoms with van der Waals surface area (Å²) in [6.45, 7) is 7.27. The van der Waals surface area contributed by atoms with Gasteiger partial charge in [0.05, 0.1) is 28.3 Å². The summed E-state index contributed by atoms with van der Waals surface area (Å²) in [6.07, 6.45) is 0.0621. The summed E-state index contributed by atoms with van der Waals surface area (Å²) in [5.41, 5.74) is 2.14. The second kappa shape index (κ2) is 10.3. The average molecular weight is 540 g/mol. The minimum atomic E-state index is -1.10. The number of hydrogen-bond donors (Lipinski definition) is 4. The van der Waals surface area contributed by atoms with E-state index in [1.807, 2.05) is 19.1 Å². The van der Waals surface area contributed by atoms with E-state index in [2.05, 4.69) is 15.6 Å². The van der Waals surface area contributed by atoms with Gasteiger partial charge in [-0.2, -0.15) is 5.26 Å². The summed E-state index contributed by atoms with van der Waals surface area (Å²) >= 11 is 1.47. The van der Waals surface area contributed by atoms with Crippen molar-refractivity contribution in [2.75, 3.05) is 6.54 Å². The van der Waals surface area contributed by atoms with E-state index in [-0.39, 0.29) is 25.3 Å². The number of β-amino-alcohol motifs (C(OH)–C–C–N with tert-alkyl or cyclic N) is 1. The van der Waals surface area contributed by atoms with E-state index in [0.717, 1.165) is 16.1 Å². The third-order valence-corrected chi connectivity index (χ3v) is 8.18. The Labute approximate surface area is 225 Å². The number of amides is 3. The first kappa shape index (κ1) is 27.5. The van der Waals surface area contributed by atoms with Gasteiger partial charge in [-0.1, -0.05) is 32.9 Å². The number of aromatic nitrogens is 1. The van der Waals surface area contributed by atoms with Crippen molar-refractivity contribution in [1.82, 2.24) is 20.5 Å². The van der Waals surface area contributed by atoms with Crippen molar-refractivity contribution in [3.8, 4) is 22.3 Å². The largest absolute Gasteiger partial charge is 0.508 e. The van der Waals surface area contributed by atoms with Crippen LogP contribution in [0.2, 0.25) is 0 Å². The van der Waals surface area contributed by atoms with Crippen LogP contribution in [0, 0.1) is 29.1 Å². The Bertz CT molecular complexity index is 1290. The number of rotatable bonds is 7. The molecule has 1 aromatic carbocycles. The lowest BCUT2D eigenvalue weighted by Crippen LogP contribution is -2.58. The Morgan fingerprint density at radius 1 is 1.32 bits per heavy atom. The van der Waals surface area contributed by atoms with E-state index in [0.29, 0.717) is 18.4 Å². The van der Waals surface area contributed by atoms with Gasteiger partial charge in [-0.05, 0) is 36.8 Å². The van der Waals surface area contributed by atoms with Crippen LogP contribution in [0.1, 0.15) is 51.3 Å². The molecule has 38 heavy (non-hydrogen) atoms. The van der Waals surface area contributed by atoms with Crippen molar-refractivity contribution in [3.05, 3.63) is 35.0 Å². The molecule has 1 saturated carbocycles. The molecule has 10 nitrogen and oxygen atoms in total. The highest BCUT2D eigenvalue weighted by Gasteiger charge is 2.53. The molecule has 1 saturated heterocycles. The van der Waals surface area contributed by atoms with Crippen LogP contribution in [0.3, 0.4) is 0 Å². The van der Waals surface area contributed by atoms with Gasteiger partial charge in [-0.3, -0.25) is 14.4 Å². The minimum Gasteiger partial charge on any atom is -0.508 e. The average Bonchev–Trinajstić information content (AvgIpc) is 3.40. The van der Waals surface area contributed by atoms with E-state index < -0.39 is 46.7 Å². The fourth-order valence-electron chi connectivity index (χ4n) is 4.64. The summed E-state index contributed by atoms with van der Waals surface area (Å²) in [7, 11) is 0. The Hall–Kier alpha value is -3.49.